The standard InChI is InChI=1S/C16H18N6O/c1-11-3-2-5-16(23,9-11)6-4-12-20-14(18)13-15(21-12)22(8-7-17)10-19-13/h10-11,23H,2-3,5,8-9H2,1H3,(H2,18,20,21)/t11-,16-/m1/s1. The van der Waals surface area contributed by atoms with Gasteiger partial charge in [-0.2, -0.15) is 5.26 Å². The van der Waals surface area contributed by atoms with Gasteiger partial charge in [-0.25, -0.2) is 15.0 Å². The number of nitriles is 1. The molecule has 118 valence electrons. The number of nitrogen functional groups attached to an aromatic ring is 1. The van der Waals surface area contributed by atoms with Crippen LogP contribution in [0.4, 0.5) is 5.82 Å². The van der Waals surface area contributed by atoms with Crippen molar-refractivity contribution in [2.75, 3.05) is 5.73 Å². The van der Waals surface area contributed by atoms with E-state index in [1.807, 2.05) is 6.07 Å². The fourth-order valence-electron chi connectivity index (χ4n) is 3.02. The summed E-state index contributed by atoms with van der Waals surface area (Å²) in [5, 5.41) is 19.4. The van der Waals surface area contributed by atoms with Gasteiger partial charge in [0.1, 0.15) is 17.7 Å². The van der Waals surface area contributed by atoms with Gasteiger partial charge < -0.3 is 15.4 Å². The van der Waals surface area contributed by atoms with Crippen molar-refractivity contribution in [3.05, 3.63) is 12.2 Å². The van der Waals surface area contributed by atoms with Crippen LogP contribution in [0.25, 0.3) is 11.2 Å². The number of imidazole rings is 1. The number of rotatable bonds is 1. The lowest BCUT2D eigenvalue weighted by molar-refractivity contribution is 0.0410. The van der Waals surface area contributed by atoms with E-state index in [9.17, 15) is 5.11 Å². The molecule has 1 fully saturated rings. The van der Waals surface area contributed by atoms with Crippen molar-refractivity contribution in [2.24, 2.45) is 5.92 Å². The minimum Gasteiger partial charge on any atom is -0.382 e. The molecule has 0 spiro atoms. The molecule has 0 amide bonds. The van der Waals surface area contributed by atoms with Gasteiger partial charge in [0.05, 0.1) is 12.4 Å². The zero-order chi connectivity index (χ0) is 16.4. The lowest BCUT2D eigenvalue weighted by Crippen LogP contribution is -2.32. The van der Waals surface area contributed by atoms with Gasteiger partial charge in [0.25, 0.3) is 0 Å². The second-order valence-corrected chi connectivity index (χ2v) is 6.12. The van der Waals surface area contributed by atoms with Crippen LogP contribution in [0, 0.1) is 29.1 Å². The van der Waals surface area contributed by atoms with E-state index in [4.69, 9.17) is 11.0 Å². The molecule has 2 heterocycles. The normalized spacial score (nSPS) is 24.0. The van der Waals surface area contributed by atoms with Gasteiger partial charge in [0, 0.05) is 0 Å². The summed E-state index contributed by atoms with van der Waals surface area (Å²) in [5.74, 6) is 6.66. The molecule has 0 radical (unpaired) electrons. The van der Waals surface area contributed by atoms with Crippen LogP contribution in [0.3, 0.4) is 0 Å². The van der Waals surface area contributed by atoms with E-state index in [-0.39, 0.29) is 18.2 Å². The number of nitrogens with two attached hydrogens (primary N) is 1. The van der Waals surface area contributed by atoms with Crippen molar-refractivity contribution in [3.63, 3.8) is 0 Å². The Balaban J connectivity index is 1.96. The highest BCUT2D eigenvalue weighted by Gasteiger charge is 2.30. The zero-order valence-electron chi connectivity index (χ0n) is 13.0. The number of hydrogen-bond acceptors (Lipinski definition) is 6. The lowest BCUT2D eigenvalue weighted by Gasteiger charge is -2.30. The Morgan fingerprint density at radius 2 is 2.35 bits per heavy atom. The molecule has 0 aliphatic heterocycles. The Morgan fingerprint density at radius 1 is 1.52 bits per heavy atom. The molecule has 3 rings (SSSR count). The second-order valence-electron chi connectivity index (χ2n) is 6.12. The van der Waals surface area contributed by atoms with E-state index in [2.05, 4.69) is 33.7 Å². The number of nitrogens with zero attached hydrogens (tertiary/aromatic N) is 5. The van der Waals surface area contributed by atoms with Gasteiger partial charge in [-0.1, -0.05) is 19.3 Å². The van der Waals surface area contributed by atoms with Crippen molar-refractivity contribution >= 4 is 17.0 Å². The molecule has 1 aliphatic rings. The van der Waals surface area contributed by atoms with Crippen LogP contribution in [-0.4, -0.2) is 30.2 Å². The van der Waals surface area contributed by atoms with Gasteiger partial charge in [-0.3, -0.25) is 0 Å². The van der Waals surface area contributed by atoms with Crippen molar-refractivity contribution < 1.29 is 5.11 Å². The minimum absolute atomic E-state index is 0.126. The highest BCUT2D eigenvalue weighted by Crippen LogP contribution is 2.31. The number of fused-ring (bicyclic) bond motifs is 1. The van der Waals surface area contributed by atoms with Gasteiger partial charge >= 0.3 is 0 Å². The molecule has 23 heavy (non-hydrogen) atoms. The van der Waals surface area contributed by atoms with Gasteiger partial charge in [0.15, 0.2) is 11.5 Å². The van der Waals surface area contributed by atoms with E-state index >= 15 is 0 Å². The summed E-state index contributed by atoms with van der Waals surface area (Å²) in [7, 11) is 0. The Morgan fingerprint density at radius 3 is 3.09 bits per heavy atom. The lowest BCUT2D eigenvalue weighted by atomic mass is 9.79. The SMILES string of the molecule is C[C@@H]1CCC[C@@](O)(C#Cc2nc(N)c3ncn(CC#N)c3n2)C1. The van der Waals surface area contributed by atoms with Crippen LogP contribution in [0.1, 0.15) is 38.4 Å². The van der Waals surface area contributed by atoms with Crippen LogP contribution in [0.5, 0.6) is 0 Å². The topological polar surface area (TPSA) is 114 Å². The molecule has 7 heteroatoms. The summed E-state index contributed by atoms with van der Waals surface area (Å²) in [4.78, 5) is 12.6. The number of anilines is 1. The van der Waals surface area contributed by atoms with Crippen molar-refractivity contribution in [1.29, 1.82) is 5.26 Å². The Kier molecular flexibility index (Phi) is 3.89. The second kappa shape index (κ2) is 5.86. The number of hydrogen-bond donors (Lipinski definition) is 2. The van der Waals surface area contributed by atoms with Gasteiger partial charge in [-0.05, 0) is 31.1 Å². The van der Waals surface area contributed by atoms with Crippen molar-refractivity contribution in [2.45, 2.75) is 44.8 Å². The van der Waals surface area contributed by atoms with E-state index in [1.165, 1.54) is 6.33 Å². The van der Waals surface area contributed by atoms with E-state index in [0.717, 1.165) is 12.8 Å². The average Bonchev–Trinajstić information content (AvgIpc) is 2.89. The van der Waals surface area contributed by atoms with Crippen LogP contribution in [0.15, 0.2) is 6.33 Å². The summed E-state index contributed by atoms with van der Waals surface area (Å²) >= 11 is 0. The maximum absolute atomic E-state index is 10.6. The molecule has 3 N–H and O–H groups in total. The third-order valence-corrected chi connectivity index (χ3v) is 4.11. The summed E-state index contributed by atoms with van der Waals surface area (Å²) in [6, 6.07) is 2.04. The molecule has 0 bridgehead atoms. The highest BCUT2D eigenvalue weighted by atomic mass is 16.3. The monoisotopic (exact) mass is 310 g/mol. The average molecular weight is 310 g/mol. The zero-order valence-corrected chi connectivity index (χ0v) is 13.0. The first-order valence-corrected chi connectivity index (χ1v) is 7.61. The summed E-state index contributed by atoms with van der Waals surface area (Å²) in [5.41, 5.74) is 5.84. The minimum atomic E-state index is -0.988. The first-order chi connectivity index (χ1) is 11.0. The van der Waals surface area contributed by atoms with E-state index in [1.54, 1.807) is 4.57 Å². The number of aromatic nitrogens is 4. The molecule has 2 aromatic heterocycles. The molecule has 0 aromatic carbocycles. The quantitative estimate of drug-likeness (QED) is 0.766. The largest absolute Gasteiger partial charge is 0.382 e. The maximum atomic E-state index is 10.6. The first kappa shape index (κ1) is 15.3. The van der Waals surface area contributed by atoms with Crippen LogP contribution in [-0.2, 0) is 6.54 Å². The highest BCUT2D eigenvalue weighted by molar-refractivity contribution is 5.82. The Bertz CT molecular complexity index is 840. The van der Waals surface area contributed by atoms with Crippen LogP contribution >= 0.6 is 0 Å². The molecule has 2 aromatic rings. The smallest absolute Gasteiger partial charge is 0.209 e. The molecule has 0 saturated heterocycles. The summed E-state index contributed by atoms with van der Waals surface area (Å²) in [6.45, 7) is 2.24. The van der Waals surface area contributed by atoms with Gasteiger partial charge in [-0.15, -0.1) is 0 Å². The summed E-state index contributed by atoms with van der Waals surface area (Å²) in [6.07, 6.45) is 4.90. The third kappa shape index (κ3) is 3.10. The van der Waals surface area contributed by atoms with Gasteiger partial charge in [0.2, 0.25) is 5.82 Å². The Hall–Kier alpha value is -2.64. The molecular weight excluding hydrogens is 292 g/mol. The molecular formula is C16H18N6O. The predicted octanol–water partition coefficient (Wildman–Crippen LogP) is 1.22. The van der Waals surface area contributed by atoms with Crippen LogP contribution in [0.2, 0.25) is 0 Å². The predicted molar refractivity (Wildman–Crippen MR) is 84.8 cm³/mol. The molecule has 7 nitrogen and oxygen atoms in total. The number of aliphatic hydroxyl groups is 1. The Labute approximate surface area is 134 Å². The fraction of sp³-hybridized carbons (Fsp3) is 0.500. The van der Waals surface area contributed by atoms with Crippen LogP contribution < -0.4 is 5.73 Å². The van der Waals surface area contributed by atoms with Crippen molar-refractivity contribution in [3.8, 4) is 17.9 Å². The van der Waals surface area contributed by atoms with E-state index < -0.39 is 5.60 Å². The van der Waals surface area contributed by atoms with E-state index in [0.29, 0.717) is 29.9 Å². The third-order valence-electron chi connectivity index (χ3n) is 4.11. The molecule has 0 unspecified atom stereocenters. The maximum Gasteiger partial charge on any atom is 0.209 e. The first-order valence-electron chi connectivity index (χ1n) is 7.61. The molecule has 2 atom stereocenters. The molecule has 1 saturated carbocycles. The molecule has 1 aliphatic carbocycles. The summed E-state index contributed by atoms with van der Waals surface area (Å²) < 4.78 is 1.59. The van der Waals surface area contributed by atoms with Crippen molar-refractivity contribution in [1.82, 2.24) is 19.5 Å². The fourth-order valence-corrected chi connectivity index (χ4v) is 3.02.